The summed E-state index contributed by atoms with van der Waals surface area (Å²) in [5.74, 6) is 1.76. The zero-order chi connectivity index (χ0) is 10.4. The maximum absolute atomic E-state index is 5.59. The summed E-state index contributed by atoms with van der Waals surface area (Å²) in [5.41, 5.74) is 0. The summed E-state index contributed by atoms with van der Waals surface area (Å²) in [5, 5.41) is 0.834. The van der Waals surface area contributed by atoms with Gasteiger partial charge in [-0.2, -0.15) is 0 Å². The van der Waals surface area contributed by atoms with Crippen LogP contribution >= 0.6 is 15.9 Å². The first kappa shape index (κ1) is 11.4. The fraction of sp³-hybridized carbons (Fsp3) is 0.455. The van der Waals surface area contributed by atoms with E-state index in [1.54, 1.807) is 0 Å². The van der Waals surface area contributed by atoms with Crippen molar-refractivity contribution in [3.63, 3.8) is 0 Å². The van der Waals surface area contributed by atoms with Crippen molar-refractivity contribution >= 4 is 15.9 Å². The van der Waals surface area contributed by atoms with Gasteiger partial charge in [0.25, 0.3) is 0 Å². The van der Waals surface area contributed by atoms with E-state index in [0.29, 0.717) is 6.61 Å². The van der Waals surface area contributed by atoms with Crippen LogP contribution in [0.4, 0.5) is 0 Å². The smallest absolute Gasteiger partial charge is 0.120 e. The molecule has 0 fully saturated rings. The van der Waals surface area contributed by atoms with Crippen LogP contribution in [0.1, 0.15) is 13.8 Å². The monoisotopic (exact) mass is 258 g/mol. The molecule has 0 aliphatic rings. The van der Waals surface area contributed by atoms with Gasteiger partial charge in [0.1, 0.15) is 17.6 Å². The first-order valence-corrected chi connectivity index (χ1v) is 5.84. The van der Waals surface area contributed by atoms with Crippen molar-refractivity contribution in [1.29, 1.82) is 0 Å². The van der Waals surface area contributed by atoms with Crippen molar-refractivity contribution in [2.45, 2.75) is 20.0 Å². The molecule has 3 heteroatoms. The normalized spacial score (nSPS) is 12.2. The lowest BCUT2D eigenvalue weighted by Crippen LogP contribution is -2.12. The van der Waals surface area contributed by atoms with Crippen LogP contribution in [0, 0.1) is 0 Å². The van der Waals surface area contributed by atoms with Gasteiger partial charge in [0, 0.05) is 5.33 Å². The van der Waals surface area contributed by atoms with Crippen LogP contribution in [0.15, 0.2) is 24.3 Å². The summed E-state index contributed by atoms with van der Waals surface area (Å²) in [7, 11) is 0. The van der Waals surface area contributed by atoms with Gasteiger partial charge in [-0.3, -0.25) is 0 Å². The van der Waals surface area contributed by atoms with E-state index in [2.05, 4.69) is 15.9 Å². The summed E-state index contributed by atoms with van der Waals surface area (Å²) >= 11 is 3.36. The molecule has 0 spiro atoms. The van der Waals surface area contributed by atoms with Crippen LogP contribution in [0.3, 0.4) is 0 Å². The molecular formula is C11H15BrO2. The van der Waals surface area contributed by atoms with E-state index >= 15 is 0 Å². The second kappa shape index (κ2) is 5.91. The van der Waals surface area contributed by atoms with Crippen molar-refractivity contribution < 1.29 is 9.47 Å². The SMILES string of the molecule is CCOc1ccc(O[C@@H](C)CBr)cc1. The zero-order valence-electron chi connectivity index (χ0n) is 8.50. The molecule has 0 saturated carbocycles. The van der Waals surface area contributed by atoms with Gasteiger partial charge in [0.05, 0.1) is 6.61 Å². The van der Waals surface area contributed by atoms with Gasteiger partial charge in [0.2, 0.25) is 0 Å². The molecule has 2 nitrogen and oxygen atoms in total. The molecule has 0 N–H and O–H groups in total. The van der Waals surface area contributed by atoms with Gasteiger partial charge in [-0.25, -0.2) is 0 Å². The summed E-state index contributed by atoms with van der Waals surface area (Å²) in [6.07, 6.45) is 0.188. The van der Waals surface area contributed by atoms with E-state index in [-0.39, 0.29) is 6.10 Å². The minimum Gasteiger partial charge on any atom is -0.494 e. The molecule has 1 aromatic carbocycles. The summed E-state index contributed by atoms with van der Waals surface area (Å²) in [6.45, 7) is 4.68. The highest BCUT2D eigenvalue weighted by molar-refractivity contribution is 9.09. The lowest BCUT2D eigenvalue weighted by molar-refractivity contribution is 0.247. The second-order valence-corrected chi connectivity index (χ2v) is 3.63. The number of hydrogen-bond donors (Lipinski definition) is 0. The van der Waals surface area contributed by atoms with E-state index in [0.717, 1.165) is 16.8 Å². The third kappa shape index (κ3) is 3.58. The van der Waals surface area contributed by atoms with E-state index in [1.165, 1.54) is 0 Å². The van der Waals surface area contributed by atoms with Crippen LogP contribution in [-0.4, -0.2) is 18.0 Å². The van der Waals surface area contributed by atoms with Crippen LogP contribution < -0.4 is 9.47 Å². The molecule has 0 unspecified atom stereocenters. The van der Waals surface area contributed by atoms with Crippen LogP contribution in [0.25, 0.3) is 0 Å². The molecule has 0 aromatic heterocycles. The first-order chi connectivity index (χ1) is 6.76. The Morgan fingerprint density at radius 1 is 1.21 bits per heavy atom. The average Bonchev–Trinajstić information content (AvgIpc) is 2.21. The first-order valence-electron chi connectivity index (χ1n) is 4.71. The number of alkyl halides is 1. The van der Waals surface area contributed by atoms with Crippen molar-refractivity contribution in [1.82, 2.24) is 0 Å². The van der Waals surface area contributed by atoms with Crippen molar-refractivity contribution in [2.24, 2.45) is 0 Å². The highest BCUT2D eigenvalue weighted by atomic mass is 79.9. The zero-order valence-corrected chi connectivity index (χ0v) is 10.1. The molecule has 1 rings (SSSR count). The molecule has 0 bridgehead atoms. The van der Waals surface area contributed by atoms with Gasteiger partial charge in [-0.05, 0) is 38.1 Å². The van der Waals surface area contributed by atoms with Crippen molar-refractivity contribution in [3.8, 4) is 11.5 Å². The minimum atomic E-state index is 0.188. The second-order valence-electron chi connectivity index (χ2n) is 2.99. The van der Waals surface area contributed by atoms with Gasteiger partial charge in [-0.1, -0.05) is 15.9 Å². The topological polar surface area (TPSA) is 18.5 Å². The Balaban J connectivity index is 2.54. The molecule has 0 aliphatic carbocycles. The lowest BCUT2D eigenvalue weighted by atomic mass is 10.3. The van der Waals surface area contributed by atoms with E-state index < -0.39 is 0 Å². The molecule has 78 valence electrons. The predicted molar refractivity (Wildman–Crippen MR) is 61.5 cm³/mol. The Morgan fingerprint density at radius 3 is 2.29 bits per heavy atom. The Hall–Kier alpha value is -0.700. The molecule has 0 amide bonds. The van der Waals surface area contributed by atoms with Crippen LogP contribution in [0.5, 0.6) is 11.5 Å². The number of ether oxygens (including phenoxy) is 2. The van der Waals surface area contributed by atoms with E-state index in [1.807, 2.05) is 38.1 Å². The number of halogens is 1. The Bertz CT molecular complexity index is 258. The van der Waals surface area contributed by atoms with Gasteiger partial charge in [-0.15, -0.1) is 0 Å². The Labute approximate surface area is 93.4 Å². The molecule has 1 aromatic rings. The highest BCUT2D eigenvalue weighted by Crippen LogP contribution is 2.18. The quantitative estimate of drug-likeness (QED) is 0.756. The fourth-order valence-corrected chi connectivity index (χ4v) is 1.18. The number of hydrogen-bond acceptors (Lipinski definition) is 2. The molecule has 0 aliphatic heterocycles. The van der Waals surface area contributed by atoms with Crippen LogP contribution in [-0.2, 0) is 0 Å². The van der Waals surface area contributed by atoms with Crippen molar-refractivity contribution in [3.05, 3.63) is 24.3 Å². The molecule has 0 radical (unpaired) electrons. The lowest BCUT2D eigenvalue weighted by Gasteiger charge is -2.12. The van der Waals surface area contributed by atoms with E-state index in [4.69, 9.17) is 9.47 Å². The maximum atomic E-state index is 5.59. The summed E-state index contributed by atoms with van der Waals surface area (Å²) in [6, 6.07) is 7.67. The summed E-state index contributed by atoms with van der Waals surface area (Å²) < 4.78 is 10.9. The van der Waals surface area contributed by atoms with Gasteiger partial charge >= 0.3 is 0 Å². The average molecular weight is 259 g/mol. The van der Waals surface area contributed by atoms with Gasteiger partial charge < -0.3 is 9.47 Å². The van der Waals surface area contributed by atoms with E-state index in [9.17, 15) is 0 Å². The Kier molecular flexibility index (Phi) is 4.80. The fourth-order valence-electron chi connectivity index (χ4n) is 1.04. The highest BCUT2D eigenvalue weighted by Gasteiger charge is 2.01. The number of benzene rings is 1. The van der Waals surface area contributed by atoms with Crippen molar-refractivity contribution in [2.75, 3.05) is 11.9 Å². The predicted octanol–water partition coefficient (Wildman–Crippen LogP) is 3.25. The maximum Gasteiger partial charge on any atom is 0.120 e. The standard InChI is InChI=1S/C11H15BrO2/c1-3-13-10-4-6-11(7-5-10)14-9(2)8-12/h4-7,9H,3,8H2,1-2H3/t9-/m0/s1. The molecular weight excluding hydrogens is 244 g/mol. The molecule has 0 saturated heterocycles. The summed E-state index contributed by atoms with van der Waals surface area (Å²) in [4.78, 5) is 0. The molecule has 0 heterocycles. The molecule has 1 atom stereocenters. The van der Waals surface area contributed by atoms with Crippen LogP contribution in [0.2, 0.25) is 0 Å². The Morgan fingerprint density at radius 2 is 1.79 bits per heavy atom. The number of rotatable bonds is 5. The minimum absolute atomic E-state index is 0.188. The van der Waals surface area contributed by atoms with Gasteiger partial charge in [0.15, 0.2) is 0 Å². The third-order valence-electron chi connectivity index (χ3n) is 1.69. The third-order valence-corrected chi connectivity index (χ3v) is 2.60. The molecule has 14 heavy (non-hydrogen) atoms. The largest absolute Gasteiger partial charge is 0.494 e.